The lowest BCUT2D eigenvalue weighted by atomic mass is 10.3. The molecule has 1 aromatic rings. The second kappa shape index (κ2) is 2.01. The molecule has 1 heterocycles. The molecule has 0 aromatic carbocycles. The Kier molecular flexibility index (Phi) is 1.34. The zero-order valence-electron chi connectivity index (χ0n) is 5.46. The van der Waals surface area contributed by atoms with E-state index in [0.717, 1.165) is 0 Å². The van der Waals surface area contributed by atoms with Crippen molar-refractivity contribution in [2.24, 2.45) is 7.05 Å². The summed E-state index contributed by atoms with van der Waals surface area (Å²) in [6.45, 7) is 1.52. The quantitative estimate of drug-likeness (QED) is 0.514. The summed E-state index contributed by atoms with van der Waals surface area (Å²) in [5, 5.41) is 0. The van der Waals surface area contributed by atoms with Crippen molar-refractivity contribution in [3.8, 4) is 0 Å². The van der Waals surface area contributed by atoms with Crippen molar-refractivity contribution in [3.63, 3.8) is 0 Å². The Hall–Kier alpha value is -1.12. The third-order valence-electron chi connectivity index (χ3n) is 1.18. The van der Waals surface area contributed by atoms with Crippen LogP contribution in [0.1, 0.15) is 17.4 Å². The first-order valence-corrected chi connectivity index (χ1v) is 2.69. The number of hydrogen-bond acceptors (Lipinski definition) is 2. The third-order valence-corrected chi connectivity index (χ3v) is 1.18. The summed E-state index contributed by atoms with van der Waals surface area (Å²) >= 11 is 0. The van der Waals surface area contributed by atoms with Gasteiger partial charge in [0.2, 0.25) is 0 Å². The van der Waals surface area contributed by atoms with Crippen molar-refractivity contribution < 1.29 is 4.79 Å². The Morgan fingerprint density at radius 3 is 2.67 bits per heavy atom. The minimum atomic E-state index is 0.0509. The van der Waals surface area contributed by atoms with Gasteiger partial charge in [-0.15, -0.1) is 0 Å². The molecule has 3 nitrogen and oxygen atoms in total. The molecule has 0 bridgehead atoms. The third kappa shape index (κ3) is 0.988. The molecule has 0 saturated heterocycles. The Balaban J connectivity index is 3.08. The van der Waals surface area contributed by atoms with E-state index in [2.05, 4.69) is 4.98 Å². The molecule has 0 fully saturated rings. The Labute approximate surface area is 53.3 Å². The smallest absolute Gasteiger partial charge is 0.177 e. The van der Waals surface area contributed by atoms with E-state index in [-0.39, 0.29) is 5.78 Å². The first-order valence-electron chi connectivity index (χ1n) is 2.69. The summed E-state index contributed by atoms with van der Waals surface area (Å²) < 4.78 is 1.70. The normalized spacial score (nSPS) is 9.56. The first-order chi connectivity index (χ1) is 4.22. The summed E-state index contributed by atoms with van der Waals surface area (Å²) in [7, 11) is 1.80. The van der Waals surface area contributed by atoms with Gasteiger partial charge < -0.3 is 4.57 Å². The number of carbonyl (C=O) groups excluding carboxylic acids is 1. The summed E-state index contributed by atoms with van der Waals surface area (Å²) in [5.74, 6) is 0.0509. The van der Waals surface area contributed by atoms with Crippen LogP contribution in [0.3, 0.4) is 0 Å². The molecule has 0 N–H and O–H groups in total. The van der Waals surface area contributed by atoms with Crippen LogP contribution in [0.4, 0.5) is 0 Å². The molecule has 9 heavy (non-hydrogen) atoms. The molecule has 48 valence electrons. The highest BCUT2D eigenvalue weighted by Gasteiger charge is 2.00. The lowest BCUT2D eigenvalue weighted by Crippen LogP contribution is -1.99. The van der Waals surface area contributed by atoms with Crippen molar-refractivity contribution in [2.45, 2.75) is 6.92 Å². The average molecular weight is 124 g/mol. The summed E-state index contributed by atoms with van der Waals surface area (Å²) in [4.78, 5) is 14.5. The molecular weight excluding hydrogens is 116 g/mol. The molecule has 0 unspecified atom stereocenters. The van der Waals surface area contributed by atoms with Crippen LogP contribution in [0.15, 0.2) is 12.5 Å². The van der Waals surface area contributed by atoms with Gasteiger partial charge in [-0.05, 0) is 0 Å². The molecule has 0 radical (unpaired) electrons. The van der Waals surface area contributed by atoms with Crippen LogP contribution < -0.4 is 0 Å². The maximum absolute atomic E-state index is 10.7. The van der Waals surface area contributed by atoms with Crippen molar-refractivity contribution >= 4 is 5.78 Å². The predicted molar refractivity (Wildman–Crippen MR) is 33.2 cm³/mol. The fourth-order valence-electron chi connectivity index (χ4n) is 0.696. The molecular formula is C6H8N2O. The Morgan fingerprint density at radius 2 is 2.44 bits per heavy atom. The topological polar surface area (TPSA) is 34.9 Å². The minimum absolute atomic E-state index is 0.0509. The van der Waals surface area contributed by atoms with E-state index < -0.39 is 0 Å². The molecule has 0 aliphatic carbocycles. The average Bonchev–Trinajstić information content (AvgIpc) is 2.13. The Morgan fingerprint density at radius 1 is 1.78 bits per heavy atom. The van der Waals surface area contributed by atoms with Gasteiger partial charge in [-0.25, -0.2) is 4.98 Å². The molecule has 0 aliphatic heterocycles. The number of aryl methyl sites for hydroxylation is 1. The van der Waals surface area contributed by atoms with Gasteiger partial charge in [0.05, 0.1) is 12.5 Å². The SMILES string of the molecule is CC(=O)c1cncn1C. The molecule has 1 aromatic heterocycles. The first kappa shape index (κ1) is 6.01. The van der Waals surface area contributed by atoms with Crippen molar-refractivity contribution in [3.05, 3.63) is 18.2 Å². The maximum atomic E-state index is 10.7. The number of Topliss-reactive ketones (excluding diaryl/α,β-unsaturated/α-hetero) is 1. The monoisotopic (exact) mass is 124 g/mol. The number of nitrogens with zero attached hydrogens (tertiary/aromatic N) is 2. The molecule has 0 spiro atoms. The second-order valence-corrected chi connectivity index (χ2v) is 1.95. The van der Waals surface area contributed by atoms with Gasteiger partial charge in [0.25, 0.3) is 0 Å². The van der Waals surface area contributed by atoms with E-state index in [4.69, 9.17) is 0 Å². The van der Waals surface area contributed by atoms with Gasteiger partial charge in [-0.1, -0.05) is 0 Å². The van der Waals surface area contributed by atoms with Gasteiger partial charge >= 0.3 is 0 Å². The lowest BCUT2D eigenvalue weighted by molar-refractivity contribution is 0.101. The zero-order chi connectivity index (χ0) is 6.85. The standard InChI is InChI=1S/C6H8N2O/c1-5(9)6-3-7-4-8(6)2/h3-4H,1-2H3. The molecule has 1 rings (SSSR count). The van der Waals surface area contributed by atoms with Crippen LogP contribution in [-0.2, 0) is 7.05 Å². The minimum Gasteiger partial charge on any atom is -0.331 e. The van der Waals surface area contributed by atoms with Gasteiger partial charge in [0, 0.05) is 14.0 Å². The number of hydrogen-bond donors (Lipinski definition) is 0. The van der Waals surface area contributed by atoms with E-state index in [1.165, 1.54) is 6.92 Å². The maximum Gasteiger partial charge on any atom is 0.177 e. The van der Waals surface area contributed by atoms with Gasteiger partial charge in [-0.3, -0.25) is 4.79 Å². The van der Waals surface area contributed by atoms with E-state index in [0.29, 0.717) is 5.69 Å². The number of ketones is 1. The summed E-state index contributed by atoms with van der Waals surface area (Å²) in [6, 6.07) is 0. The fraction of sp³-hybridized carbons (Fsp3) is 0.333. The predicted octanol–water partition coefficient (Wildman–Crippen LogP) is 0.623. The van der Waals surface area contributed by atoms with Gasteiger partial charge in [0.1, 0.15) is 5.69 Å². The lowest BCUT2D eigenvalue weighted by Gasteiger charge is -1.92. The van der Waals surface area contributed by atoms with E-state index in [1.54, 1.807) is 24.1 Å². The van der Waals surface area contributed by atoms with Crippen LogP contribution >= 0.6 is 0 Å². The van der Waals surface area contributed by atoms with Crippen LogP contribution in [0, 0.1) is 0 Å². The molecule has 0 aliphatic rings. The van der Waals surface area contributed by atoms with Gasteiger partial charge in [-0.2, -0.15) is 0 Å². The second-order valence-electron chi connectivity index (χ2n) is 1.95. The summed E-state index contributed by atoms with van der Waals surface area (Å²) in [5.41, 5.74) is 0.648. The van der Waals surface area contributed by atoms with Crippen LogP contribution in [0.2, 0.25) is 0 Å². The number of imidazole rings is 1. The summed E-state index contributed by atoms with van der Waals surface area (Å²) in [6.07, 6.45) is 3.17. The van der Waals surface area contributed by atoms with Crippen LogP contribution in [0.5, 0.6) is 0 Å². The highest BCUT2D eigenvalue weighted by atomic mass is 16.1. The molecule has 3 heteroatoms. The highest BCUT2D eigenvalue weighted by molar-refractivity contribution is 5.92. The Bertz CT molecular complexity index is 227. The highest BCUT2D eigenvalue weighted by Crippen LogP contribution is 1.95. The zero-order valence-corrected chi connectivity index (χ0v) is 5.46. The molecule has 0 saturated carbocycles. The largest absolute Gasteiger partial charge is 0.331 e. The molecule has 0 amide bonds. The fourth-order valence-corrected chi connectivity index (χ4v) is 0.696. The van der Waals surface area contributed by atoms with Crippen molar-refractivity contribution in [1.82, 2.24) is 9.55 Å². The van der Waals surface area contributed by atoms with Crippen LogP contribution in [-0.4, -0.2) is 15.3 Å². The van der Waals surface area contributed by atoms with E-state index in [1.807, 2.05) is 0 Å². The van der Waals surface area contributed by atoms with Crippen molar-refractivity contribution in [2.75, 3.05) is 0 Å². The van der Waals surface area contributed by atoms with Crippen molar-refractivity contribution in [1.29, 1.82) is 0 Å². The van der Waals surface area contributed by atoms with E-state index in [9.17, 15) is 4.79 Å². The van der Waals surface area contributed by atoms with Crippen LogP contribution in [0.25, 0.3) is 0 Å². The number of rotatable bonds is 1. The molecule has 0 atom stereocenters. The number of aromatic nitrogens is 2. The van der Waals surface area contributed by atoms with E-state index >= 15 is 0 Å². The van der Waals surface area contributed by atoms with Gasteiger partial charge in [0.15, 0.2) is 5.78 Å². The number of carbonyl (C=O) groups is 1.